The van der Waals surface area contributed by atoms with Crippen molar-refractivity contribution in [1.82, 2.24) is 19.3 Å². The van der Waals surface area contributed by atoms with E-state index >= 15 is 0 Å². The van der Waals surface area contributed by atoms with Crippen molar-refractivity contribution in [3.63, 3.8) is 0 Å². The Morgan fingerprint density at radius 1 is 1.16 bits per heavy atom. The number of anilines is 1. The fourth-order valence-corrected chi connectivity index (χ4v) is 3.15. The highest BCUT2D eigenvalue weighted by Gasteiger charge is 2.31. The predicted molar refractivity (Wildman–Crippen MR) is 111 cm³/mol. The maximum atomic E-state index is 12.8. The van der Waals surface area contributed by atoms with Crippen LogP contribution in [0.2, 0.25) is 0 Å². The lowest BCUT2D eigenvalue weighted by molar-refractivity contribution is -0.274. The zero-order valence-electron chi connectivity index (χ0n) is 17.7. The quantitative estimate of drug-likeness (QED) is 0.596. The summed E-state index contributed by atoms with van der Waals surface area (Å²) >= 11 is 0. The number of rotatable bonds is 7. The standard InChI is InChI=1S/C21H22F3N5O3/c1-4-5-16-11-19(31)28(20(26-16)29-14(3)10-13(2)27-29)12-18(30)25-15-6-8-17(9-7-15)32-21(22,23)24/h6-11H,4-5,12H2,1-3H3,(H,25,30). The van der Waals surface area contributed by atoms with Crippen LogP contribution in [0.25, 0.3) is 5.95 Å². The van der Waals surface area contributed by atoms with E-state index in [9.17, 15) is 22.8 Å². The molecule has 0 aliphatic rings. The van der Waals surface area contributed by atoms with Crippen LogP contribution >= 0.6 is 0 Å². The molecule has 0 unspecified atom stereocenters. The molecule has 32 heavy (non-hydrogen) atoms. The van der Waals surface area contributed by atoms with Crippen molar-refractivity contribution in [3.05, 3.63) is 63.8 Å². The first-order valence-corrected chi connectivity index (χ1v) is 9.86. The summed E-state index contributed by atoms with van der Waals surface area (Å²) in [7, 11) is 0. The molecule has 1 aromatic carbocycles. The van der Waals surface area contributed by atoms with Crippen molar-refractivity contribution in [2.24, 2.45) is 0 Å². The van der Waals surface area contributed by atoms with E-state index in [1.165, 1.54) is 27.4 Å². The van der Waals surface area contributed by atoms with E-state index in [1.807, 2.05) is 19.9 Å². The molecule has 1 N–H and O–H groups in total. The topological polar surface area (TPSA) is 91.0 Å². The lowest BCUT2D eigenvalue weighted by Crippen LogP contribution is -2.32. The van der Waals surface area contributed by atoms with E-state index < -0.39 is 23.6 Å². The second-order valence-electron chi connectivity index (χ2n) is 7.18. The van der Waals surface area contributed by atoms with Gasteiger partial charge in [-0.15, -0.1) is 13.2 Å². The summed E-state index contributed by atoms with van der Waals surface area (Å²) in [5, 5.41) is 6.92. The van der Waals surface area contributed by atoms with Gasteiger partial charge in [-0.25, -0.2) is 9.67 Å². The predicted octanol–water partition coefficient (Wildman–Crippen LogP) is 3.54. The first-order valence-electron chi connectivity index (χ1n) is 9.86. The fraction of sp³-hybridized carbons (Fsp3) is 0.333. The number of aromatic nitrogens is 4. The number of hydrogen-bond acceptors (Lipinski definition) is 5. The number of aryl methyl sites for hydroxylation is 3. The average Bonchev–Trinajstić information content (AvgIpc) is 3.02. The molecule has 0 radical (unpaired) electrons. The molecule has 2 aromatic heterocycles. The van der Waals surface area contributed by atoms with Crippen LogP contribution in [0.3, 0.4) is 0 Å². The minimum absolute atomic E-state index is 0.218. The summed E-state index contributed by atoms with van der Waals surface area (Å²) in [6, 6.07) is 7.91. The number of ether oxygens (including phenoxy) is 1. The highest BCUT2D eigenvalue weighted by molar-refractivity contribution is 5.90. The Kier molecular flexibility index (Phi) is 6.66. The minimum Gasteiger partial charge on any atom is -0.406 e. The number of halogens is 3. The molecule has 0 spiro atoms. The number of carbonyl (C=O) groups is 1. The summed E-state index contributed by atoms with van der Waals surface area (Å²) in [4.78, 5) is 29.9. The number of hydrogen-bond donors (Lipinski definition) is 1. The van der Waals surface area contributed by atoms with E-state index in [0.717, 1.165) is 29.9 Å². The van der Waals surface area contributed by atoms with Crippen molar-refractivity contribution in [1.29, 1.82) is 0 Å². The molecule has 11 heteroatoms. The fourth-order valence-electron chi connectivity index (χ4n) is 3.15. The van der Waals surface area contributed by atoms with Gasteiger partial charge in [0.2, 0.25) is 11.9 Å². The molecule has 0 bridgehead atoms. The molecule has 1 amide bonds. The highest BCUT2D eigenvalue weighted by Crippen LogP contribution is 2.24. The molecule has 2 heterocycles. The molecular formula is C21H22F3N5O3. The van der Waals surface area contributed by atoms with Gasteiger partial charge in [0.15, 0.2) is 0 Å². The van der Waals surface area contributed by atoms with Crippen molar-refractivity contribution < 1.29 is 22.7 Å². The molecule has 3 rings (SSSR count). The maximum absolute atomic E-state index is 12.8. The van der Waals surface area contributed by atoms with Crippen molar-refractivity contribution in [2.75, 3.05) is 5.32 Å². The largest absolute Gasteiger partial charge is 0.573 e. The van der Waals surface area contributed by atoms with Crippen LogP contribution in [0, 0.1) is 13.8 Å². The van der Waals surface area contributed by atoms with E-state index in [2.05, 4.69) is 20.1 Å². The molecule has 0 aliphatic carbocycles. The van der Waals surface area contributed by atoms with Crippen molar-refractivity contribution >= 4 is 11.6 Å². The third-order valence-electron chi connectivity index (χ3n) is 4.42. The number of benzene rings is 1. The van der Waals surface area contributed by atoms with Gasteiger partial charge < -0.3 is 10.1 Å². The monoisotopic (exact) mass is 449 g/mol. The van der Waals surface area contributed by atoms with E-state index in [4.69, 9.17) is 0 Å². The van der Waals surface area contributed by atoms with Crippen LogP contribution in [0.15, 0.2) is 41.2 Å². The second-order valence-corrected chi connectivity index (χ2v) is 7.18. The lowest BCUT2D eigenvalue weighted by atomic mass is 10.2. The van der Waals surface area contributed by atoms with Crippen LogP contribution in [0.5, 0.6) is 5.75 Å². The van der Waals surface area contributed by atoms with Crippen molar-refractivity contribution in [2.45, 2.75) is 46.5 Å². The third kappa shape index (κ3) is 5.74. The van der Waals surface area contributed by atoms with E-state index in [0.29, 0.717) is 12.1 Å². The Labute approximate surface area is 181 Å². The smallest absolute Gasteiger partial charge is 0.406 e. The van der Waals surface area contributed by atoms with E-state index in [1.54, 1.807) is 6.92 Å². The summed E-state index contributed by atoms with van der Waals surface area (Å²) in [5.41, 5.74) is 1.92. The van der Waals surface area contributed by atoms with Gasteiger partial charge in [-0.2, -0.15) is 5.10 Å². The molecular weight excluding hydrogens is 427 g/mol. The molecule has 170 valence electrons. The van der Waals surface area contributed by atoms with Crippen LogP contribution in [0.1, 0.15) is 30.4 Å². The number of carbonyl (C=O) groups excluding carboxylic acids is 1. The first-order chi connectivity index (χ1) is 15.1. The van der Waals surface area contributed by atoms with E-state index in [-0.39, 0.29) is 18.2 Å². The number of nitrogens with one attached hydrogen (secondary N) is 1. The van der Waals surface area contributed by atoms with Gasteiger partial charge >= 0.3 is 6.36 Å². The summed E-state index contributed by atoms with van der Waals surface area (Å²) in [6.07, 6.45) is -3.41. The molecule has 0 saturated carbocycles. The number of nitrogens with zero attached hydrogens (tertiary/aromatic N) is 4. The second kappa shape index (κ2) is 9.25. The Bertz CT molecular complexity index is 1170. The summed E-state index contributed by atoms with van der Waals surface area (Å²) in [6.45, 7) is 5.23. The maximum Gasteiger partial charge on any atom is 0.573 e. The van der Waals surface area contributed by atoms with Crippen LogP contribution in [0.4, 0.5) is 18.9 Å². The zero-order chi connectivity index (χ0) is 23.5. The Balaban J connectivity index is 1.85. The molecule has 3 aromatic rings. The van der Waals surface area contributed by atoms with Crippen molar-refractivity contribution in [3.8, 4) is 11.7 Å². The number of alkyl halides is 3. The van der Waals surface area contributed by atoms with Gasteiger partial charge in [0.1, 0.15) is 12.3 Å². The Morgan fingerprint density at radius 3 is 2.41 bits per heavy atom. The highest BCUT2D eigenvalue weighted by atomic mass is 19.4. The van der Waals surface area contributed by atoms with Gasteiger partial charge in [-0.05, 0) is 50.6 Å². The van der Waals surface area contributed by atoms with Crippen LogP contribution in [-0.4, -0.2) is 31.6 Å². The van der Waals surface area contributed by atoms with Crippen LogP contribution in [-0.2, 0) is 17.8 Å². The van der Waals surface area contributed by atoms with Gasteiger partial charge in [0.25, 0.3) is 5.56 Å². The molecule has 8 nitrogen and oxygen atoms in total. The van der Waals surface area contributed by atoms with Gasteiger partial charge in [0, 0.05) is 23.1 Å². The summed E-state index contributed by atoms with van der Waals surface area (Å²) < 4.78 is 43.4. The van der Waals surface area contributed by atoms with Gasteiger partial charge in [-0.3, -0.25) is 14.2 Å². The number of amides is 1. The molecule has 0 aliphatic heterocycles. The zero-order valence-corrected chi connectivity index (χ0v) is 17.7. The van der Waals surface area contributed by atoms with Gasteiger partial charge in [-0.1, -0.05) is 13.3 Å². The lowest BCUT2D eigenvalue weighted by Gasteiger charge is -2.14. The Hall–Kier alpha value is -3.63. The van der Waals surface area contributed by atoms with Crippen LogP contribution < -0.4 is 15.6 Å². The van der Waals surface area contributed by atoms with Gasteiger partial charge in [0.05, 0.1) is 5.69 Å². The average molecular weight is 449 g/mol. The first kappa shape index (κ1) is 23.0. The minimum atomic E-state index is -4.80. The molecule has 0 saturated heterocycles. The normalized spacial score (nSPS) is 11.4. The Morgan fingerprint density at radius 2 is 1.84 bits per heavy atom. The molecule has 0 atom stereocenters. The molecule has 0 fully saturated rings. The SMILES string of the molecule is CCCc1cc(=O)n(CC(=O)Nc2ccc(OC(F)(F)F)cc2)c(-n2nc(C)cc2C)n1. The third-order valence-corrected chi connectivity index (χ3v) is 4.42. The summed E-state index contributed by atoms with van der Waals surface area (Å²) in [5.74, 6) is -0.741.